The van der Waals surface area contributed by atoms with Crippen LogP contribution < -0.4 is 9.30 Å². The molecule has 0 spiro atoms. The second-order valence-corrected chi connectivity index (χ2v) is 6.60. The number of nitrogens with zero attached hydrogens (tertiary/aromatic N) is 1. The zero-order valence-corrected chi connectivity index (χ0v) is 14.1. The lowest BCUT2D eigenvalue weighted by molar-refractivity contribution is -0.659. The molecule has 1 aliphatic heterocycles. The molecule has 0 saturated carbocycles. The van der Waals surface area contributed by atoms with Crippen LogP contribution in [-0.2, 0) is 7.05 Å². The van der Waals surface area contributed by atoms with E-state index in [1.54, 1.807) is 0 Å². The minimum absolute atomic E-state index is 0.944. The maximum absolute atomic E-state index is 6.44. The van der Waals surface area contributed by atoms with Crippen molar-refractivity contribution in [3.8, 4) is 22.8 Å². The summed E-state index contributed by atoms with van der Waals surface area (Å²) in [5, 5.41) is 4.87. The molecule has 1 aliphatic rings. The molecule has 2 heteroatoms. The number of hydrogen-bond acceptors (Lipinski definition) is 1. The van der Waals surface area contributed by atoms with Gasteiger partial charge in [-0.1, -0.05) is 36.4 Å². The van der Waals surface area contributed by atoms with E-state index in [9.17, 15) is 0 Å². The minimum atomic E-state index is 0.944. The Morgan fingerprint density at radius 1 is 0.833 bits per heavy atom. The number of pyridine rings is 1. The molecule has 0 radical (unpaired) electrons. The molecule has 0 fully saturated rings. The Hall–Kier alpha value is -2.87. The fourth-order valence-electron chi connectivity index (χ4n) is 3.97. The van der Waals surface area contributed by atoms with Crippen molar-refractivity contribution in [3.05, 3.63) is 65.9 Å². The number of aryl methyl sites for hydroxylation is 2. The van der Waals surface area contributed by atoms with Crippen LogP contribution in [0.2, 0.25) is 0 Å². The number of rotatable bonds is 0. The Morgan fingerprint density at radius 3 is 2.46 bits per heavy atom. The van der Waals surface area contributed by atoms with Gasteiger partial charge in [0.1, 0.15) is 18.5 Å². The molecule has 0 N–H and O–H groups in total. The van der Waals surface area contributed by atoms with Gasteiger partial charge in [-0.25, -0.2) is 4.57 Å². The molecule has 0 bridgehead atoms. The third-order valence-electron chi connectivity index (χ3n) is 5.31. The standard InChI is InChI=1S/C22H18NO/c1-13-14(2)19-21-20-15(11-12-23(21)3)7-6-10-18(20)24-22(19)17-9-5-4-8-16(13)17/h4-12H,1-3H3/q+1. The quantitative estimate of drug-likeness (QED) is 0.358. The number of fused-ring (bicyclic) bond motifs is 4. The van der Waals surface area contributed by atoms with Crippen molar-refractivity contribution >= 4 is 21.5 Å². The van der Waals surface area contributed by atoms with Gasteiger partial charge in [-0.3, -0.25) is 0 Å². The van der Waals surface area contributed by atoms with Crippen molar-refractivity contribution < 1.29 is 9.30 Å². The average molecular weight is 312 g/mol. The monoisotopic (exact) mass is 312 g/mol. The lowest BCUT2D eigenvalue weighted by Crippen LogP contribution is -2.31. The summed E-state index contributed by atoms with van der Waals surface area (Å²) in [6, 6.07) is 17.0. The first kappa shape index (κ1) is 13.6. The van der Waals surface area contributed by atoms with E-state index < -0.39 is 0 Å². The Kier molecular flexibility index (Phi) is 2.58. The maximum atomic E-state index is 6.44. The van der Waals surface area contributed by atoms with Gasteiger partial charge in [0, 0.05) is 11.5 Å². The highest BCUT2D eigenvalue weighted by Crippen LogP contribution is 2.50. The van der Waals surface area contributed by atoms with E-state index >= 15 is 0 Å². The van der Waals surface area contributed by atoms with Crippen LogP contribution in [0.25, 0.3) is 32.8 Å². The second kappa shape index (κ2) is 4.57. The zero-order chi connectivity index (χ0) is 16.4. The molecule has 0 amide bonds. The smallest absolute Gasteiger partial charge is 0.228 e. The van der Waals surface area contributed by atoms with E-state index in [4.69, 9.17) is 4.74 Å². The summed E-state index contributed by atoms with van der Waals surface area (Å²) in [7, 11) is 2.12. The Labute approximate surface area is 140 Å². The summed E-state index contributed by atoms with van der Waals surface area (Å²) in [4.78, 5) is 0. The molecule has 4 aromatic rings. The summed E-state index contributed by atoms with van der Waals surface area (Å²) in [6.07, 6.45) is 2.14. The van der Waals surface area contributed by atoms with E-state index in [0.717, 1.165) is 11.5 Å². The van der Waals surface area contributed by atoms with Gasteiger partial charge in [0.25, 0.3) is 0 Å². The van der Waals surface area contributed by atoms with E-state index in [0.29, 0.717) is 0 Å². The highest BCUT2D eigenvalue weighted by Gasteiger charge is 2.31. The van der Waals surface area contributed by atoms with Crippen molar-refractivity contribution in [2.45, 2.75) is 13.8 Å². The molecular formula is C22H18NO+. The first-order valence-corrected chi connectivity index (χ1v) is 8.28. The van der Waals surface area contributed by atoms with Crippen molar-refractivity contribution in [2.24, 2.45) is 7.05 Å². The van der Waals surface area contributed by atoms with Crippen LogP contribution in [0.1, 0.15) is 11.1 Å². The normalized spacial score (nSPS) is 12.3. The van der Waals surface area contributed by atoms with Crippen molar-refractivity contribution in [3.63, 3.8) is 0 Å². The molecule has 0 aliphatic carbocycles. The van der Waals surface area contributed by atoms with E-state index in [-0.39, 0.29) is 0 Å². The molecule has 0 atom stereocenters. The summed E-state index contributed by atoms with van der Waals surface area (Å²) in [5.74, 6) is 1.93. The molecule has 2 heterocycles. The number of ether oxygens (including phenoxy) is 1. The van der Waals surface area contributed by atoms with Crippen LogP contribution in [0.15, 0.2) is 54.7 Å². The number of hydrogen-bond donors (Lipinski definition) is 0. The van der Waals surface area contributed by atoms with Gasteiger partial charge in [-0.2, -0.15) is 0 Å². The largest absolute Gasteiger partial charge is 0.455 e. The molecule has 24 heavy (non-hydrogen) atoms. The third kappa shape index (κ3) is 1.58. The van der Waals surface area contributed by atoms with Gasteiger partial charge >= 0.3 is 0 Å². The van der Waals surface area contributed by atoms with Gasteiger partial charge in [0.15, 0.2) is 6.20 Å². The first-order chi connectivity index (χ1) is 11.7. The van der Waals surface area contributed by atoms with Crippen LogP contribution in [-0.4, -0.2) is 0 Å². The summed E-state index contributed by atoms with van der Waals surface area (Å²) in [5.41, 5.74) is 5.08. The van der Waals surface area contributed by atoms with Gasteiger partial charge in [-0.05, 0) is 41.8 Å². The Morgan fingerprint density at radius 2 is 1.62 bits per heavy atom. The lowest BCUT2D eigenvalue weighted by atomic mass is 9.89. The van der Waals surface area contributed by atoms with Crippen LogP contribution in [0, 0.1) is 13.8 Å². The predicted molar refractivity (Wildman–Crippen MR) is 97.6 cm³/mol. The van der Waals surface area contributed by atoms with Crippen molar-refractivity contribution in [2.75, 3.05) is 0 Å². The molecule has 3 aromatic carbocycles. The van der Waals surface area contributed by atoms with E-state index in [1.807, 2.05) is 0 Å². The number of aromatic nitrogens is 1. The molecule has 1 aromatic heterocycles. The first-order valence-electron chi connectivity index (χ1n) is 8.28. The fraction of sp³-hybridized carbons (Fsp3) is 0.136. The molecular weight excluding hydrogens is 294 g/mol. The number of benzene rings is 3. The predicted octanol–water partition coefficient (Wildman–Crippen LogP) is 5.21. The SMILES string of the molecule is Cc1c2c(c3ccccc3c1C)Oc1cccc3cc[n+](C)c-2c13. The summed E-state index contributed by atoms with van der Waals surface area (Å²) < 4.78 is 8.66. The second-order valence-electron chi connectivity index (χ2n) is 6.60. The van der Waals surface area contributed by atoms with Gasteiger partial charge in [0.05, 0.1) is 10.9 Å². The summed E-state index contributed by atoms with van der Waals surface area (Å²) in [6.45, 7) is 4.41. The molecule has 116 valence electrons. The minimum Gasteiger partial charge on any atom is -0.455 e. The van der Waals surface area contributed by atoms with Crippen LogP contribution in [0.3, 0.4) is 0 Å². The van der Waals surface area contributed by atoms with Crippen molar-refractivity contribution in [1.82, 2.24) is 0 Å². The third-order valence-corrected chi connectivity index (χ3v) is 5.31. The van der Waals surface area contributed by atoms with E-state index in [2.05, 4.69) is 80.2 Å². The fourth-order valence-corrected chi connectivity index (χ4v) is 3.97. The van der Waals surface area contributed by atoms with Crippen LogP contribution in [0.4, 0.5) is 0 Å². The highest BCUT2D eigenvalue weighted by molar-refractivity contribution is 6.07. The molecule has 5 rings (SSSR count). The topological polar surface area (TPSA) is 13.1 Å². The zero-order valence-electron chi connectivity index (χ0n) is 14.1. The van der Waals surface area contributed by atoms with Crippen LogP contribution >= 0.6 is 0 Å². The van der Waals surface area contributed by atoms with Gasteiger partial charge in [0.2, 0.25) is 5.69 Å². The summed E-state index contributed by atoms with van der Waals surface area (Å²) >= 11 is 0. The average Bonchev–Trinajstić information content (AvgIpc) is 2.62. The van der Waals surface area contributed by atoms with E-state index in [1.165, 1.54) is 43.9 Å². The molecule has 0 unspecified atom stereocenters. The van der Waals surface area contributed by atoms with Crippen LogP contribution in [0.5, 0.6) is 11.5 Å². The lowest BCUT2D eigenvalue weighted by Gasteiger charge is -2.23. The van der Waals surface area contributed by atoms with Crippen molar-refractivity contribution in [1.29, 1.82) is 0 Å². The van der Waals surface area contributed by atoms with Gasteiger partial charge in [-0.15, -0.1) is 0 Å². The Bertz CT molecular complexity index is 1160. The highest BCUT2D eigenvalue weighted by atomic mass is 16.5. The molecule has 0 saturated heterocycles. The Balaban J connectivity index is 2.07. The van der Waals surface area contributed by atoms with Gasteiger partial charge < -0.3 is 4.74 Å². The maximum Gasteiger partial charge on any atom is 0.228 e. The molecule has 2 nitrogen and oxygen atoms in total.